The molecule has 0 radical (unpaired) electrons. The summed E-state index contributed by atoms with van der Waals surface area (Å²) in [6, 6.07) is 8.79. The molecule has 1 atom stereocenters. The van der Waals surface area contributed by atoms with Crippen LogP contribution in [-0.4, -0.2) is 42.4 Å². The highest BCUT2D eigenvalue weighted by atomic mass is 19.4. The summed E-state index contributed by atoms with van der Waals surface area (Å²) in [4.78, 5) is 20.1. The quantitative estimate of drug-likeness (QED) is 0.320. The Kier molecular flexibility index (Phi) is 6.56. The molecule has 0 N–H and O–H groups in total. The Morgan fingerprint density at radius 3 is 2.58 bits per heavy atom. The van der Waals surface area contributed by atoms with Crippen LogP contribution in [0.1, 0.15) is 61.9 Å². The van der Waals surface area contributed by atoms with Crippen molar-refractivity contribution in [3.63, 3.8) is 0 Å². The summed E-state index contributed by atoms with van der Waals surface area (Å²) >= 11 is 0. The molecule has 3 aromatic heterocycles. The maximum absolute atomic E-state index is 14.1. The van der Waals surface area contributed by atoms with E-state index in [0.29, 0.717) is 29.5 Å². The zero-order chi connectivity index (χ0) is 28.2. The number of aryl methyl sites for hydroxylation is 1. The SMILES string of the molecule is Cc1cnnn1C1(c2cccc(-c3cnc4c(C(F)(F)F)cc(CN5CCC[C@H](C)C5)cn4c3=O)c2)CC(C)C1. The molecule has 4 heterocycles. The van der Waals surface area contributed by atoms with Crippen molar-refractivity contribution in [3.8, 4) is 11.1 Å². The molecular weight excluding hydrogens is 517 g/mol. The van der Waals surface area contributed by atoms with Gasteiger partial charge in [-0.3, -0.25) is 14.1 Å². The summed E-state index contributed by atoms with van der Waals surface area (Å²) in [5.41, 5.74) is 1.09. The molecule has 1 aliphatic carbocycles. The number of hydrogen-bond acceptors (Lipinski definition) is 5. The van der Waals surface area contributed by atoms with E-state index < -0.39 is 17.3 Å². The average Bonchev–Trinajstić information content (AvgIpc) is 3.32. The van der Waals surface area contributed by atoms with E-state index in [1.165, 1.54) is 12.4 Å². The van der Waals surface area contributed by atoms with Gasteiger partial charge in [0.2, 0.25) is 0 Å². The Balaban J connectivity index is 1.45. The van der Waals surface area contributed by atoms with Crippen LogP contribution in [0.4, 0.5) is 13.2 Å². The number of halogens is 3. The summed E-state index contributed by atoms with van der Waals surface area (Å²) in [6.07, 6.45) is 3.78. The zero-order valence-electron chi connectivity index (χ0n) is 22.9. The highest BCUT2D eigenvalue weighted by Gasteiger charge is 2.47. The minimum atomic E-state index is -4.64. The van der Waals surface area contributed by atoms with Crippen LogP contribution in [0.3, 0.4) is 0 Å². The number of fused-ring (bicyclic) bond motifs is 1. The number of benzene rings is 1. The molecule has 7 nitrogen and oxygen atoms in total. The van der Waals surface area contributed by atoms with Crippen LogP contribution < -0.4 is 5.56 Å². The molecule has 1 saturated heterocycles. The number of hydrogen-bond donors (Lipinski definition) is 0. The highest BCUT2D eigenvalue weighted by molar-refractivity contribution is 5.65. The lowest BCUT2D eigenvalue weighted by Gasteiger charge is -2.47. The van der Waals surface area contributed by atoms with E-state index in [4.69, 9.17) is 0 Å². The van der Waals surface area contributed by atoms with Crippen molar-refractivity contribution in [2.45, 2.75) is 64.7 Å². The smallest absolute Gasteiger partial charge is 0.299 e. The van der Waals surface area contributed by atoms with Gasteiger partial charge in [-0.2, -0.15) is 13.2 Å². The second-order valence-corrected chi connectivity index (χ2v) is 11.8. The predicted molar refractivity (Wildman–Crippen MR) is 146 cm³/mol. The first-order chi connectivity index (χ1) is 19.0. The summed E-state index contributed by atoms with van der Waals surface area (Å²) in [5, 5.41) is 8.44. The molecule has 0 unspecified atom stereocenters. The van der Waals surface area contributed by atoms with Crippen LogP contribution in [0.2, 0.25) is 0 Å². The number of pyridine rings is 1. The van der Waals surface area contributed by atoms with E-state index >= 15 is 0 Å². The Morgan fingerprint density at radius 2 is 1.90 bits per heavy atom. The second kappa shape index (κ2) is 9.83. The van der Waals surface area contributed by atoms with Gasteiger partial charge in [0.25, 0.3) is 5.56 Å². The van der Waals surface area contributed by atoms with Crippen LogP contribution in [0, 0.1) is 18.8 Å². The van der Waals surface area contributed by atoms with Gasteiger partial charge in [-0.05, 0) is 79.8 Å². The van der Waals surface area contributed by atoms with Gasteiger partial charge >= 0.3 is 6.18 Å². The van der Waals surface area contributed by atoms with Gasteiger partial charge in [0.1, 0.15) is 0 Å². The molecule has 0 spiro atoms. The Hall–Kier alpha value is -3.53. The average molecular weight is 551 g/mol. The molecule has 10 heteroatoms. The number of aromatic nitrogens is 5. The molecule has 1 aliphatic heterocycles. The van der Waals surface area contributed by atoms with Gasteiger partial charge in [0.15, 0.2) is 5.65 Å². The fourth-order valence-electron chi connectivity index (χ4n) is 6.73. The largest absolute Gasteiger partial charge is 0.419 e. The second-order valence-electron chi connectivity index (χ2n) is 11.8. The Bertz CT molecular complexity index is 1620. The summed E-state index contributed by atoms with van der Waals surface area (Å²) in [7, 11) is 0. The van der Waals surface area contributed by atoms with Gasteiger partial charge in [-0.15, -0.1) is 5.10 Å². The van der Waals surface area contributed by atoms with Gasteiger partial charge < -0.3 is 0 Å². The molecule has 210 valence electrons. The highest BCUT2D eigenvalue weighted by Crippen LogP contribution is 2.49. The van der Waals surface area contributed by atoms with Gasteiger partial charge in [0.05, 0.1) is 28.6 Å². The lowest BCUT2D eigenvalue weighted by molar-refractivity contribution is -0.136. The third-order valence-corrected chi connectivity index (χ3v) is 8.52. The first-order valence-corrected chi connectivity index (χ1v) is 13.9. The number of piperidine rings is 1. The normalized spacial score (nSPS) is 23.9. The maximum atomic E-state index is 14.1. The number of rotatable bonds is 5. The summed E-state index contributed by atoms with van der Waals surface area (Å²) in [6.45, 7) is 8.32. The minimum Gasteiger partial charge on any atom is -0.299 e. The van der Waals surface area contributed by atoms with E-state index in [-0.39, 0.29) is 16.7 Å². The van der Waals surface area contributed by atoms with E-state index in [2.05, 4.69) is 34.0 Å². The van der Waals surface area contributed by atoms with Crippen LogP contribution in [0.5, 0.6) is 0 Å². The van der Waals surface area contributed by atoms with E-state index in [1.807, 2.05) is 35.9 Å². The molecule has 6 rings (SSSR count). The molecule has 40 heavy (non-hydrogen) atoms. The monoisotopic (exact) mass is 550 g/mol. The van der Waals surface area contributed by atoms with Crippen molar-refractivity contribution < 1.29 is 13.2 Å². The minimum absolute atomic E-state index is 0.258. The number of alkyl halides is 3. The molecule has 0 bridgehead atoms. The van der Waals surface area contributed by atoms with Crippen LogP contribution in [-0.2, 0) is 18.3 Å². The van der Waals surface area contributed by atoms with E-state index in [0.717, 1.165) is 60.5 Å². The fourth-order valence-corrected chi connectivity index (χ4v) is 6.73. The third-order valence-electron chi connectivity index (χ3n) is 8.52. The molecule has 1 aromatic carbocycles. The Labute approximate surface area is 230 Å². The van der Waals surface area contributed by atoms with Crippen molar-refractivity contribution in [2.24, 2.45) is 11.8 Å². The topological polar surface area (TPSA) is 68.3 Å². The van der Waals surface area contributed by atoms with Gasteiger partial charge in [0, 0.05) is 25.5 Å². The van der Waals surface area contributed by atoms with Crippen molar-refractivity contribution in [1.29, 1.82) is 0 Å². The molecule has 1 saturated carbocycles. The maximum Gasteiger partial charge on any atom is 0.419 e. The summed E-state index contributed by atoms with van der Waals surface area (Å²) in [5.74, 6) is 0.991. The third kappa shape index (κ3) is 4.62. The first kappa shape index (κ1) is 26.7. The first-order valence-electron chi connectivity index (χ1n) is 13.9. The predicted octanol–water partition coefficient (Wildman–Crippen LogP) is 5.69. The van der Waals surface area contributed by atoms with Crippen LogP contribution >= 0.6 is 0 Å². The fraction of sp³-hybridized carbons (Fsp3) is 0.467. The lowest BCUT2D eigenvalue weighted by atomic mass is 9.65. The summed E-state index contributed by atoms with van der Waals surface area (Å²) < 4.78 is 45.4. The van der Waals surface area contributed by atoms with Crippen LogP contribution in [0.15, 0.2) is 53.7 Å². The van der Waals surface area contributed by atoms with Gasteiger partial charge in [-0.1, -0.05) is 37.3 Å². The molecular formula is C30H33F3N6O. The van der Waals surface area contributed by atoms with E-state index in [9.17, 15) is 18.0 Å². The zero-order valence-corrected chi connectivity index (χ0v) is 22.9. The van der Waals surface area contributed by atoms with Crippen molar-refractivity contribution in [1.82, 2.24) is 29.3 Å². The molecule has 4 aromatic rings. The van der Waals surface area contributed by atoms with Gasteiger partial charge in [-0.25, -0.2) is 9.67 Å². The Morgan fingerprint density at radius 1 is 1.10 bits per heavy atom. The van der Waals surface area contributed by atoms with Crippen LogP contribution in [0.25, 0.3) is 16.8 Å². The number of nitrogens with zero attached hydrogens (tertiary/aromatic N) is 6. The van der Waals surface area contributed by atoms with Crippen molar-refractivity contribution >= 4 is 5.65 Å². The molecule has 2 fully saturated rings. The number of likely N-dealkylation sites (tertiary alicyclic amines) is 1. The van der Waals surface area contributed by atoms with E-state index in [1.54, 1.807) is 6.20 Å². The lowest BCUT2D eigenvalue weighted by Crippen LogP contribution is -2.47. The van der Waals surface area contributed by atoms with Crippen molar-refractivity contribution in [3.05, 3.63) is 81.7 Å². The standard InChI is InChI=1S/C30H33F3N6O/c1-19-6-5-9-37(16-19)17-22-10-26(30(31,32)33)27-34-15-25(28(40)38(27)18-22)23-7-4-8-24(11-23)29(12-20(2)13-29)39-21(3)14-35-36-39/h4,7-8,10-11,14-15,18-20H,5-6,9,12-13,16-17H2,1-3H3/t19-,20?,29?/m0/s1. The van der Waals surface area contributed by atoms with Crippen molar-refractivity contribution in [2.75, 3.05) is 13.1 Å². The molecule has 2 aliphatic rings. The molecule has 0 amide bonds.